The number of hydrogen-bond donors (Lipinski definition) is 0. The highest BCUT2D eigenvalue weighted by Gasteiger charge is 2.06. The van der Waals surface area contributed by atoms with Crippen molar-refractivity contribution in [2.75, 3.05) is 7.05 Å². The van der Waals surface area contributed by atoms with Crippen molar-refractivity contribution in [3.63, 3.8) is 0 Å². The zero-order valence-electron chi connectivity index (χ0n) is 6.94. The minimum atomic E-state index is 0.861. The quantitative estimate of drug-likeness (QED) is 0.541. The Balaban J connectivity index is 2.87. The van der Waals surface area contributed by atoms with Gasteiger partial charge in [0.15, 0.2) is 5.01 Å². The van der Waals surface area contributed by atoms with E-state index in [2.05, 4.69) is 21.8 Å². The van der Waals surface area contributed by atoms with Gasteiger partial charge in [-0.3, -0.25) is 4.99 Å². The molecule has 5 heteroatoms. The van der Waals surface area contributed by atoms with Crippen LogP contribution < -0.4 is 0 Å². The average Bonchev–Trinajstić information content (AvgIpc) is 2.47. The maximum Gasteiger partial charge on any atom is 0.172 e. The van der Waals surface area contributed by atoms with Gasteiger partial charge in [0.2, 0.25) is 0 Å². The van der Waals surface area contributed by atoms with Gasteiger partial charge in [-0.25, -0.2) is 0 Å². The second kappa shape index (κ2) is 4.37. The molecule has 0 fully saturated rings. The molecule has 0 radical (unpaired) electrons. The Hall–Kier alpha value is -0.680. The van der Waals surface area contributed by atoms with Crippen molar-refractivity contribution < 1.29 is 0 Å². The lowest BCUT2D eigenvalue weighted by Gasteiger charge is -1.93. The van der Waals surface area contributed by atoms with Crippen LogP contribution in [0.2, 0.25) is 0 Å². The van der Waals surface area contributed by atoms with Crippen LogP contribution in [0.5, 0.6) is 0 Å². The van der Waals surface area contributed by atoms with Gasteiger partial charge in [0.25, 0.3) is 0 Å². The highest BCUT2D eigenvalue weighted by molar-refractivity contribution is 8.17. The van der Waals surface area contributed by atoms with Crippen molar-refractivity contribution in [2.45, 2.75) is 6.92 Å². The first-order valence-corrected chi connectivity index (χ1v) is 5.02. The summed E-state index contributed by atoms with van der Waals surface area (Å²) < 4.78 is 0. The molecule has 0 bridgehead atoms. The van der Waals surface area contributed by atoms with Gasteiger partial charge in [0, 0.05) is 7.05 Å². The molecule has 0 atom stereocenters. The van der Waals surface area contributed by atoms with Crippen LogP contribution in [0.15, 0.2) is 17.0 Å². The van der Waals surface area contributed by atoms with Gasteiger partial charge in [0.1, 0.15) is 10.1 Å². The van der Waals surface area contributed by atoms with Gasteiger partial charge in [-0.2, -0.15) is 0 Å². The van der Waals surface area contributed by atoms with Crippen molar-refractivity contribution >= 4 is 28.1 Å². The van der Waals surface area contributed by atoms with E-state index in [1.54, 1.807) is 12.5 Å². The molecule has 0 saturated carbocycles. The van der Waals surface area contributed by atoms with Crippen LogP contribution in [-0.2, 0) is 0 Å². The molecule has 0 unspecified atom stereocenters. The first kappa shape index (κ1) is 9.41. The van der Waals surface area contributed by atoms with E-state index in [1.165, 1.54) is 23.1 Å². The minimum absolute atomic E-state index is 0.861. The predicted octanol–water partition coefficient (Wildman–Crippen LogP) is 2.10. The van der Waals surface area contributed by atoms with E-state index in [0.29, 0.717) is 0 Å². The molecular weight excluding hydrogens is 190 g/mol. The summed E-state index contributed by atoms with van der Waals surface area (Å²) in [6, 6.07) is 0. The van der Waals surface area contributed by atoms with E-state index in [0.717, 1.165) is 15.1 Å². The third kappa shape index (κ3) is 2.15. The van der Waals surface area contributed by atoms with Crippen LogP contribution in [0.1, 0.15) is 10.0 Å². The molecule has 0 aliphatic heterocycles. The van der Waals surface area contributed by atoms with Crippen LogP contribution in [0, 0.1) is 6.92 Å². The highest BCUT2D eigenvalue weighted by Crippen LogP contribution is 2.17. The maximum atomic E-state index is 4.08. The number of aryl methyl sites for hydroxylation is 1. The zero-order valence-corrected chi connectivity index (χ0v) is 8.58. The molecule has 0 aliphatic rings. The Morgan fingerprint density at radius 1 is 1.67 bits per heavy atom. The van der Waals surface area contributed by atoms with Crippen molar-refractivity contribution in [3.8, 4) is 0 Å². The molecule has 1 aromatic heterocycles. The molecule has 0 N–H and O–H groups in total. The Morgan fingerprint density at radius 3 is 2.83 bits per heavy atom. The summed E-state index contributed by atoms with van der Waals surface area (Å²) in [5, 5.41) is 12.3. The fourth-order valence-electron chi connectivity index (χ4n) is 0.661. The lowest BCUT2D eigenvalue weighted by Crippen LogP contribution is -1.92. The molecule has 0 aromatic carbocycles. The average molecular weight is 199 g/mol. The van der Waals surface area contributed by atoms with Crippen molar-refractivity contribution in [3.05, 3.63) is 22.0 Å². The Bertz CT molecular complexity index is 303. The first-order valence-electron chi connectivity index (χ1n) is 3.32. The zero-order chi connectivity index (χ0) is 8.97. The van der Waals surface area contributed by atoms with Crippen LogP contribution in [-0.4, -0.2) is 22.3 Å². The van der Waals surface area contributed by atoms with E-state index in [1.807, 2.05) is 6.92 Å². The molecule has 12 heavy (non-hydrogen) atoms. The monoisotopic (exact) mass is 199 g/mol. The van der Waals surface area contributed by atoms with Gasteiger partial charge in [-0.05, 0) is 12.3 Å². The van der Waals surface area contributed by atoms with E-state index in [4.69, 9.17) is 0 Å². The number of thioether (sulfide) groups is 1. The summed E-state index contributed by atoms with van der Waals surface area (Å²) in [5.74, 6) is 0. The molecule has 1 heterocycles. The van der Waals surface area contributed by atoms with Gasteiger partial charge >= 0.3 is 0 Å². The number of hydrogen-bond acceptors (Lipinski definition) is 5. The third-order valence-corrected chi connectivity index (χ3v) is 2.85. The van der Waals surface area contributed by atoms with Crippen molar-refractivity contribution in [1.29, 1.82) is 0 Å². The van der Waals surface area contributed by atoms with Gasteiger partial charge in [-0.1, -0.05) is 29.7 Å². The Morgan fingerprint density at radius 2 is 2.42 bits per heavy atom. The SMILES string of the molecule is C=CSC(=NC)c1nnc(C)s1. The van der Waals surface area contributed by atoms with E-state index < -0.39 is 0 Å². The van der Waals surface area contributed by atoms with Gasteiger partial charge in [-0.15, -0.1) is 10.2 Å². The van der Waals surface area contributed by atoms with E-state index in [-0.39, 0.29) is 0 Å². The summed E-state index contributed by atoms with van der Waals surface area (Å²) >= 11 is 3.00. The van der Waals surface area contributed by atoms with Gasteiger partial charge < -0.3 is 0 Å². The standard InChI is InChI=1S/C7H9N3S2/c1-4-11-6(8-3)7-10-9-5(2)12-7/h4H,1H2,2-3H3. The lowest BCUT2D eigenvalue weighted by molar-refractivity contribution is 1.04. The number of rotatable bonds is 2. The molecule has 1 aromatic rings. The summed E-state index contributed by atoms with van der Waals surface area (Å²) in [6.45, 7) is 5.54. The van der Waals surface area contributed by atoms with Crippen LogP contribution in [0.25, 0.3) is 0 Å². The Kier molecular flexibility index (Phi) is 3.43. The van der Waals surface area contributed by atoms with Crippen molar-refractivity contribution in [2.24, 2.45) is 4.99 Å². The molecule has 3 nitrogen and oxygen atoms in total. The summed E-state index contributed by atoms with van der Waals surface area (Å²) in [4.78, 5) is 4.08. The fraction of sp³-hybridized carbons (Fsp3) is 0.286. The molecule has 1 rings (SSSR count). The predicted molar refractivity (Wildman–Crippen MR) is 54.9 cm³/mol. The second-order valence-electron chi connectivity index (χ2n) is 1.94. The first-order chi connectivity index (χ1) is 5.77. The highest BCUT2D eigenvalue weighted by atomic mass is 32.2. The molecule has 0 saturated heterocycles. The fourth-order valence-corrected chi connectivity index (χ4v) is 1.96. The summed E-state index contributed by atoms with van der Waals surface area (Å²) in [6.07, 6.45) is 0. The normalized spacial score (nSPS) is 11.7. The smallest absolute Gasteiger partial charge is 0.172 e. The largest absolute Gasteiger partial charge is 0.278 e. The van der Waals surface area contributed by atoms with Gasteiger partial charge in [0.05, 0.1) is 0 Å². The number of aromatic nitrogens is 2. The molecule has 0 aliphatic carbocycles. The van der Waals surface area contributed by atoms with Crippen molar-refractivity contribution in [1.82, 2.24) is 10.2 Å². The third-order valence-electron chi connectivity index (χ3n) is 1.11. The van der Waals surface area contributed by atoms with Crippen LogP contribution in [0.3, 0.4) is 0 Å². The summed E-state index contributed by atoms with van der Waals surface area (Å²) in [7, 11) is 1.74. The molecule has 0 spiro atoms. The minimum Gasteiger partial charge on any atom is -0.278 e. The van der Waals surface area contributed by atoms with Crippen LogP contribution in [0.4, 0.5) is 0 Å². The Labute approximate surface area is 79.6 Å². The summed E-state index contributed by atoms with van der Waals surface area (Å²) in [5.41, 5.74) is 0. The molecule has 64 valence electrons. The van der Waals surface area contributed by atoms with E-state index in [9.17, 15) is 0 Å². The lowest BCUT2D eigenvalue weighted by atomic mass is 10.8. The molecule has 0 amide bonds. The molecular formula is C7H9N3S2. The number of aliphatic imine (C=N–C) groups is 1. The van der Waals surface area contributed by atoms with Crippen LogP contribution >= 0.6 is 23.1 Å². The van der Waals surface area contributed by atoms with E-state index >= 15 is 0 Å². The maximum absolute atomic E-state index is 4.08. The second-order valence-corrected chi connectivity index (χ2v) is 4.08. The topological polar surface area (TPSA) is 38.1 Å². The number of nitrogens with zero attached hydrogens (tertiary/aromatic N) is 3.